The fourth-order valence-corrected chi connectivity index (χ4v) is 7.17. The van der Waals surface area contributed by atoms with E-state index in [2.05, 4.69) is 39.8 Å². The molecule has 2 nitrogen and oxygen atoms in total. The van der Waals surface area contributed by atoms with Crippen molar-refractivity contribution >= 4 is 5.71 Å². The third kappa shape index (κ3) is 4.23. The number of fused-ring (bicyclic) bond motifs is 5. The molecular formula is C27H47NO. The topological polar surface area (TPSA) is 33.1 Å². The fourth-order valence-electron chi connectivity index (χ4n) is 7.17. The molecule has 6 atom stereocenters. The van der Waals surface area contributed by atoms with Gasteiger partial charge in [-0.05, 0) is 85.7 Å². The largest absolute Gasteiger partial charge is 0.501 e. The molecule has 0 amide bonds. The first-order valence-corrected chi connectivity index (χ1v) is 12.3. The summed E-state index contributed by atoms with van der Waals surface area (Å²) in [5, 5.41) is 8.27. The Morgan fingerprint density at radius 1 is 1.10 bits per heavy atom. The minimum atomic E-state index is 0.351. The molecule has 0 radical (unpaired) electrons. The van der Waals surface area contributed by atoms with E-state index in [1.54, 1.807) is 5.57 Å². The summed E-state index contributed by atoms with van der Waals surface area (Å²) in [6.45, 7) is 15.3. The Morgan fingerprint density at radius 2 is 1.76 bits per heavy atom. The van der Waals surface area contributed by atoms with Gasteiger partial charge in [0.25, 0.3) is 0 Å². The maximum Gasteiger partial charge on any atom is 0.0958 e. The van der Waals surface area contributed by atoms with E-state index in [1.807, 2.05) is 27.9 Å². The van der Waals surface area contributed by atoms with E-state index in [0.29, 0.717) is 16.7 Å². The Labute approximate surface area is 181 Å². The molecule has 0 bridgehead atoms. The van der Waals surface area contributed by atoms with Crippen LogP contribution in [-0.4, -0.2) is 12.8 Å². The van der Waals surface area contributed by atoms with Crippen LogP contribution in [0.4, 0.5) is 0 Å². The molecule has 3 unspecified atom stereocenters. The zero-order chi connectivity index (χ0) is 21.8. The Balaban J connectivity index is 0.000000551. The van der Waals surface area contributed by atoms with Crippen LogP contribution in [0, 0.1) is 39.9 Å². The van der Waals surface area contributed by atoms with Gasteiger partial charge >= 0.3 is 0 Å². The third-order valence-corrected chi connectivity index (χ3v) is 8.52. The lowest BCUT2D eigenvalue weighted by atomic mass is 9.48. The average Bonchev–Trinajstić information content (AvgIpc) is 3.07. The number of hydrogen-bond acceptors (Lipinski definition) is 2. The molecule has 4 aliphatic carbocycles. The number of rotatable bonds is 2. The van der Waals surface area contributed by atoms with E-state index >= 15 is 0 Å². The summed E-state index contributed by atoms with van der Waals surface area (Å²) in [7, 11) is 1.81. The van der Waals surface area contributed by atoms with Crippen molar-refractivity contribution in [1.29, 1.82) is 5.41 Å². The molecule has 0 spiro atoms. The standard InChI is InChI=1S/C22H33NO.C3H8.C2H6/c1-14(23)18-7-8-19-17-6-5-15-13-16(24-4)9-11-21(15,2)20(17)10-12-22(18,19)3;1-3-2;1-2/h5,13,17-20,23H,6-12H2,1-4H3;3H2,1-2H3;1-2H3/t17?,18-,19?,20?,21+,22-;;/m1../s1. The van der Waals surface area contributed by atoms with Crippen molar-refractivity contribution in [1.82, 2.24) is 0 Å². The highest BCUT2D eigenvalue weighted by Gasteiger charge is 2.58. The molecular weight excluding hydrogens is 354 g/mol. The minimum absolute atomic E-state index is 0.351. The average molecular weight is 402 g/mol. The van der Waals surface area contributed by atoms with E-state index in [1.165, 1.54) is 44.9 Å². The minimum Gasteiger partial charge on any atom is -0.501 e. The predicted molar refractivity (Wildman–Crippen MR) is 126 cm³/mol. The highest BCUT2D eigenvalue weighted by molar-refractivity contribution is 5.82. The van der Waals surface area contributed by atoms with Gasteiger partial charge < -0.3 is 10.1 Å². The molecule has 0 aliphatic heterocycles. The van der Waals surface area contributed by atoms with Gasteiger partial charge in [-0.25, -0.2) is 0 Å². The first-order valence-electron chi connectivity index (χ1n) is 12.3. The van der Waals surface area contributed by atoms with Gasteiger partial charge in [-0.3, -0.25) is 0 Å². The second-order valence-electron chi connectivity index (χ2n) is 10.1. The molecule has 2 saturated carbocycles. The number of methoxy groups -OCH3 is 1. The lowest BCUT2D eigenvalue weighted by molar-refractivity contribution is -0.0281. The van der Waals surface area contributed by atoms with Gasteiger partial charge in [0.15, 0.2) is 0 Å². The van der Waals surface area contributed by atoms with Crippen molar-refractivity contribution in [3.63, 3.8) is 0 Å². The normalized spacial score (nSPS) is 39.7. The monoisotopic (exact) mass is 401 g/mol. The molecule has 4 aliphatic rings. The van der Waals surface area contributed by atoms with Crippen molar-refractivity contribution < 1.29 is 4.74 Å². The van der Waals surface area contributed by atoms with E-state index < -0.39 is 0 Å². The Hall–Kier alpha value is -1.05. The molecule has 0 saturated heterocycles. The zero-order valence-electron chi connectivity index (χ0n) is 20.5. The predicted octanol–water partition coefficient (Wildman–Crippen LogP) is 8.19. The molecule has 2 fully saturated rings. The van der Waals surface area contributed by atoms with Crippen molar-refractivity contribution in [2.75, 3.05) is 7.11 Å². The first kappa shape index (κ1) is 24.2. The molecule has 0 aromatic carbocycles. The van der Waals surface area contributed by atoms with Gasteiger partial charge in [-0.15, -0.1) is 0 Å². The summed E-state index contributed by atoms with van der Waals surface area (Å²) in [5.74, 6) is 4.18. The third-order valence-electron chi connectivity index (χ3n) is 8.52. The van der Waals surface area contributed by atoms with E-state index in [4.69, 9.17) is 10.1 Å². The molecule has 0 heterocycles. The Bertz CT molecular complexity index is 632. The van der Waals surface area contributed by atoms with Crippen LogP contribution >= 0.6 is 0 Å². The summed E-state index contributed by atoms with van der Waals surface area (Å²) in [5.41, 5.74) is 3.22. The number of hydrogen-bond donors (Lipinski definition) is 1. The Morgan fingerprint density at radius 3 is 2.34 bits per heavy atom. The second-order valence-corrected chi connectivity index (χ2v) is 10.1. The lowest BCUT2D eigenvalue weighted by Gasteiger charge is -2.57. The second kappa shape index (κ2) is 9.84. The maximum atomic E-state index is 8.27. The van der Waals surface area contributed by atoms with Crippen molar-refractivity contribution in [3.8, 4) is 0 Å². The van der Waals surface area contributed by atoms with Crippen LogP contribution < -0.4 is 0 Å². The van der Waals surface area contributed by atoms with E-state index in [-0.39, 0.29) is 0 Å². The molecule has 166 valence electrons. The number of ether oxygens (including phenoxy) is 1. The van der Waals surface area contributed by atoms with Crippen LogP contribution in [0.15, 0.2) is 23.5 Å². The maximum absolute atomic E-state index is 8.27. The summed E-state index contributed by atoms with van der Waals surface area (Å²) in [4.78, 5) is 0. The van der Waals surface area contributed by atoms with Crippen LogP contribution in [0.2, 0.25) is 0 Å². The van der Waals surface area contributed by atoms with Crippen LogP contribution in [0.5, 0.6) is 0 Å². The fraction of sp³-hybridized carbons (Fsp3) is 0.815. The van der Waals surface area contributed by atoms with Gasteiger partial charge in [0.05, 0.1) is 12.9 Å². The molecule has 0 aromatic rings. The summed E-state index contributed by atoms with van der Waals surface area (Å²) < 4.78 is 5.54. The van der Waals surface area contributed by atoms with Crippen molar-refractivity contribution in [3.05, 3.63) is 23.5 Å². The van der Waals surface area contributed by atoms with Gasteiger partial charge in [-0.2, -0.15) is 0 Å². The van der Waals surface area contributed by atoms with Gasteiger partial charge in [0.1, 0.15) is 0 Å². The highest BCUT2D eigenvalue weighted by Crippen LogP contribution is 2.66. The molecule has 0 aromatic heterocycles. The smallest absolute Gasteiger partial charge is 0.0958 e. The van der Waals surface area contributed by atoms with Crippen molar-refractivity contribution in [2.24, 2.45) is 34.5 Å². The summed E-state index contributed by atoms with van der Waals surface area (Å²) in [6, 6.07) is 0. The van der Waals surface area contributed by atoms with E-state index in [9.17, 15) is 0 Å². The van der Waals surface area contributed by atoms with Crippen LogP contribution in [0.3, 0.4) is 0 Å². The molecule has 4 rings (SSSR count). The quantitative estimate of drug-likeness (QED) is 0.465. The van der Waals surface area contributed by atoms with Crippen molar-refractivity contribution in [2.45, 2.75) is 99.8 Å². The van der Waals surface area contributed by atoms with Crippen LogP contribution in [0.1, 0.15) is 99.8 Å². The summed E-state index contributed by atoms with van der Waals surface area (Å²) in [6.07, 6.45) is 15.0. The van der Waals surface area contributed by atoms with Crippen LogP contribution in [-0.2, 0) is 4.74 Å². The van der Waals surface area contributed by atoms with Gasteiger partial charge in [0.2, 0.25) is 0 Å². The lowest BCUT2D eigenvalue weighted by Crippen LogP contribution is -2.49. The Kier molecular flexibility index (Phi) is 8.22. The SMILES string of the molecule is CC.CCC.COC1=CC2=CCC3C(CC[C@@]4(C)C3CC[C@@H]4C(C)=N)[C@@]2(C)CC1. The van der Waals surface area contributed by atoms with Gasteiger partial charge in [-0.1, -0.05) is 54.0 Å². The van der Waals surface area contributed by atoms with Crippen LogP contribution in [0.25, 0.3) is 0 Å². The number of nitrogens with one attached hydrogen (secondary N) is 1. The summed E-state index contributed by atoms with van der Waals surface area (Å²) >= 11 is 0. The molecule has 1 N–H and O–H groups in total. The van der Waals surface area contributed by atoms with Gasteiger partial charge in [0, 0.05) is 18.1 Å². The zero-order valence-corrected chi connectivity index (χ0v) is 20.5. The number of allylic oxidation sites excluding steroid dienone is 4. The molecule has 29 heavy (non-hydrogen) atoms. The first-order chi connectivity index (χ1) is 13.8. The van der Waals surface area contributed by atoms with E-state index in [0.717, 1.165) is 35.6 Å². The highest BCUT2D eigenvalue weighted by atomic mass is 16.5. The molecule has 2 heteroatoms.